The summed E-state index contributed by atoms with van der Waals surface area (Å²) in [5.74, 6) is 0.687. The van der Waals surface area contributed by atoms with Crippen LogP contribution in [0.5, 0.6) is 5.88 Å². The molecular formula is C13H18ClN5O2. The van der Waals surface area contributed by atoms with Crippen LogP contribution in [0, 0.1) is 0 Å². The second-order valence-electron chi connectivity index (χ2n) is 4.57. The van der Waals surface area contributed by atoms with E-state index in [0.717, 1.165) is 17.7 Å². The van der Waals surface area contributed by atoms with Crippen LogP contribution in [0.3, 0.4) is 0 Å². The normalized spacial score (nSPS) is 10.7. The monoisotopic (exact) mass is 311 g/mol. The number of rotatable bonds is 5. The highest BCUT2D eigenvalue weighted by Crippen LogP contribution is 2.24. The van der Waals surface area contributed by atoms with E-state index in [0.29, 0.717) is 18.1 Å². The molecular weight excluding hydrogens is 294 g/mol. The first-order valence-electron chi connectivity index (χ1n) is 6.54. The molecule has 7 nitrogen and oxygen atoms in total. The van der Waals surface area contributed by atoms with Gasteiger partial charge in [-0.3, -0.25) is 4.79 Å². The Kier molecular flexibility index (Phi) is 4.52. The molecule has 0 radical (unpaired) electrons. The Balaban J connectivity index is 2.28. The van der Waals surface area contributed by atoms with Gasteiger partial charge in [0.15, 0.2) is 0 Å². The van der Waals surface area contributed by atoms with Crippen LogP contribution >= 0.6 is 11.6 Å². The fraction of sp³-hybridized carbons (Fsp3) is 0.462. The maximum Gasteiger partial charge on any atom is 0.287 e. The lowest BCUT2D eigenvalue weighted by Crippen LogP contribution is -2.21. The van der Waals surface area contributed by atoms with Crippen LogP contribution in [-0.4, -0.2) is 26.7 Å². The number of halogens is 1. The van der Waals surface area contributed by atoms with Crippen molar-refractivity contribution in [2.45, 2.75) is 19.9 Å². The molecule has 0 bridgehead atoms. The van der Waals surface area contributed by atoms with Gasteiger partial charge in [-0.2, -0.15) is 10.2 Å². The average molecular weight is 312 g/mol. The molecule has 0 saturated carbocycles. The zero-order valence-electron chi connectivity index (χ0n) is 12.5. The summed E-state index contributed by atoms with van der Waals surface area (Å²) in [4.78, 5) is 11.7. The molecule has 2 rings (SSSR count). The van der Waals surface area contributed by atoms with Crippen molar-refractivity contribution in [3.63, 3.8) is 0 Å². The molecule has 2 heterocycles. The van der Waals surface area contributed by atoms with Crippen molar-refractivity contribution in [1.29, 1.82) is 0 Å². The molecule has 2 aromatic heterocycles. The Labute approximate surface area is 127 Å². The van der Waals surface area contributed by atoms with Gasteiger partial charge in [0, 0.05) is 20.6 Å². The van der Waals surface area contributed by atoms with Crippen LogP contribution in [0.15, 0.2) is 11.0 Å². The molecule has 0 amide bonds. The number of nitrogens with one attached hydrogen (secondary N) is 1. The highest BCUT2D eigenvalue weighted by atomic mass is 35.5. The third-order valence-electron chi connectivity index (χ3n) is 3.23. The lowest BCUT2D eigenvalue weighted by molar-refractivity contribution is 0.370. The Bertz CT molecular complexity index is 707. The average Bonchev–Trinajstić information content (AvgIpc) is 2.79. The summed E-state index contributed by atoms with van der Waals surface area (Å²) in [6.45, 7) is 2.48. The van der Waals surface area contributed by atoms with Crippen molar-refractivity contribution < 1.29 is 4.74 Å². The molecule has 2 aromatic rings. The highest BCUT2D eigenvalue weighted by Gasteiger charge is 2.16. The molecule has 114 valence electrons. The molecule has 21 heavy (non-hydrogen) atoms. The van der Waals surface area contributed by atoms with E-state index in [1.165, 1.54) is 10.9 Å². The SMILES string of the molecule is CCc1nn(C)c(OC)c1CNc1cnn(C)c(=O)c1Cl. The van der Waals surface area contributed by atoms with Crippen molar-refractivity contribution >= 4 is 17.3 Å². The van der Waals surface area contributed by atoms with Crippen LogP contribution < -0.4 is 15.6 Å². The van der Waals surface area contributed by atoms with Crippen LogP contribution in [0.25, 0.3) is 0 Å². The second kappa shape index (κ2) is 6.17. The van der Waals surface area contributed by atoms with Crippen molar-refractivity contribution in [2.75, 3.05) is 12.4 Å². The maximum absolute atomic E-state index is 11.7. The van der Waals surface area contributed by atoms with Crippen LogP contribution in [0.2, 0.25) is 5.02 Å². The summed E-state index contributed by atoms with van der Waals surface area (Å²) in [5.41, 5.74) is 2.04. The van der Waals surface area contributed by atoms with E-state index in [1.54, 1.807) is 18.8 Å². The molecule has 0 aliphatic carbocycles. The van der Waals surface area contributed by atoms with Crippen molar-refractivity contribution in [3.8, 4) is 5.88 Å². The van der Waals surface area contributed by atoms with E-state index < -0.39 is 0 Å². The van der Waals surface area contributed by atoms with Gasteiger partial charge in [0.1, 0.15) is 5.02 Å². The van der Waals surface area contributed by atoms with Crippen LogP contribution in [0.4, 0.5) is 5.69 Å². The van der Waals surface area contributed by atoms with Crippen molar-refractivity contribution in [3.05, 3.63) is 32.8 Å². The minimum absolute atomic E-state index is 0.119. The Morgan fingerprint density at radius 2 is 2.10 bits per heavy atom. The van der Waals surface area contributed by atoms with Gasteiger partial charge in [0.25, 0.3) is 5.56 Å². The summed E-state index contributed by atoms with van der Waals surface area (Å²) in [7, 11) is 4.98. The largest absolute Gasteiger partial charge is 0.481 e. The molecule has 0 spiro atoms. The summed E-state index contributed by atoms with van der Waals surface area (Å²) in [5, 5.41) is 11.6. The summed E-state index contributed by atoms with van der Waals surface area (Å²) < 4.78 is 8.25. The standard InChI is InChI=1S/C13H18ClN5O2/c1-5-9-8(13(21-4)19(3)17-9)6-15-10-7-16-18(2)12(20)11(10)14/h7,15H,5-6H2,1-4H3. The van der Waals surface area contributed by atoms with Gasteiger partial charge < -0.3 is 10.1 Å². The summed E-state index contributed by atoms with van der Waals surface area (Å²) >= 11 is 6.03. The van der Waals surface area contributed by atoms with Crippen LogP contribution in [0.1, 0.15) is 18.2 Å². The predicted octanol–water partition coefficient (Wildman–Crippen LogP) is 1.35. The number of hydrogen-bond acceptors (Lipinski definition) is 5. The Hall–Kier alpha value is -2.02. The summed E-state index contributed by atoms with van der Waals surface area (Å²) in [6, 6.07) is 0. The second-order valence-corrected chi connectivity index (χ2v) is 4.94. The summed E-state index contributed by atoms with van der Waals surface area (Å²) in [6.07, 6.45) is 2.31. The third-order valence-corrected chi connectivity index (χ3v) is 3.60. The van der Waals surface area contributed by atoms with E-state index in [9.17, 15) is 4.79 Å². The smallest absolute Gasteiger partial charge is 0.287 e. The number of aryl methyl sites for hydroxylation is 3. The molecule has 0 unspecified atom stereocenters. The lowest BCUT2D eigenvalue weighted by Gasteiger charge is -2.10. The molecule has 0 atom stereocenters. The molecule has 8 heteroatoms. The quantitative estimate of drug-likeness (QED) is 0.902. The van der Waals surface area contributed by atoms with E-state index in [2.05, 4.69) is 15.5 Å². The Morgan fingerprint density at radius 1 is 1.38 bits per heavy atom. The third kappa shape index (κ3) is 2.87. The number of methoxy groups -OCH3 is 1. The molecule has 0 aliphatic rings. The lowest BCUT2D eigenvalue weighted by atomic mass is 10.2. The molecule has 0 saturated heterocycles. The minimum Gasteiger partial charge on any atom is -0.481 e. The minimum atomic E-state index is -0.337. The highest BCUT2D eigenvalue weighted by molar-refractivity contribution is 6.32. The van der Waals surface area contributed by atoms with Crippen molar-refractivity contribution in [1.82, 2.24) is 19.6 Å². The number of anilines is 1. The predicted molar refractivity (Wildman–Crippen MR) is 81.0 cm³/mol. The van der Waals surface area contributed by atoms with E-state index in [4.69, 9.17) is 16.3 Å². The fourth-order valence-electron chi connectivity index (χ4n) is 2.14. The first-order valence-corrected chi connectivity index (χ1v) is 6.91. The van der Waals surface area contributed by atoms with E-state index in [-0.39, 0.29) is 10.6 Å². The topological polar surface area (TPSA) is 74.0 Å². The number of hydrogen-bond donors (Lipinski definition) is 1. The molecule has 0 aromatic carbocycles. The molecule has 1 N–H and O–H groups in total. The maximum atomic E-state index is 11.7. The van der Waals surface area contributed by atoms with Gasteiger partial charge in [0.2, 0.25) is 5.88 Å². The fourth-order valence-corrected chi connectivity index (χ4v) is 2.38. The van der Waals surface area contributed by atoms with Crippen LogP contribution in [-0.2, 0) is 27.1 Å². The van der Waals surface area contributed by atoms with Gasteiger partial charge >= 0.3 is 0 Å². The molecule has 0 aliphatic heterocycles. The Morgan fingerprint density at radius 3 is 2.71 bits per heavy atom. The van der Waals surface area contributed by atoms with E-state index >= 15 is 0 Å². The van der Waals surface area contributed by atoms with Gasteiger partial charge in [-0.05, 0) is 6.42 Å². The van der Waals surface area contributed by atoms with Crippen molar-refractivity contribution in [2.24, 2.45) is 14.1 Å². The van der Waals surface area contributed by atoms with Gasteiger partial charge in [-0.15, -0.1) is 0 Å². The number of nitrogens with zero attached hydrogens (tertiary/aromatic N) is 4. The zero-order chi connectivity index (χ0) is 15.6. The van der Waals surface area contributed by atoms with Gasteiger partial charge in [-0.25, -0.2) is 9.36 Å². The zero-order valence-corrected chi connectivity index (χ0v) is 13.2. The van der Waals surface area contributed by atoms with Gasteiger partial charge in [0.05, 0.1) is 30.3 Å². The first-order chi connectivity index (χ1) is 9.99. The van der Waals surface area contributed by atoms with E-state index in [1.807, 2.05) is 14.0 Å². The number of aromatic nitrogens is 4. The number of ether oxygens (including phenoxy) is 1. The van der Waals surface area contributed by atoms with Gasteiger partial charge in [-0.1, -0.05) is 18.5 Å². The molecule has 0 fully saturated rings. The first kappa shape index (κ1) is 15.4.